The van der Waals surface area contributed by atoms with Gasteiger partial charge in [0.2, 0.25) is 11.9 Å². The van der Waals surface area contributed by atoms with Crippen LogP contribution in [0, 0.1) is 6.92 Å². The fourth-order valence-corrected chi connectivity index (χ4v) is 3.67. The van der Waals surface area contributed by atoms with E-state index in [0.717, 1.165) is 39.8 Å². The minimum absolute atomic E-state index is 0.0649. The molecule has 0 saturated carbocycles. The number of benzene rings is 3. The van der Waals surface area contributed by atoms with Crippen LogP contribution in [0.3, 0.4) is 0 Å². The number of carbonyl (C=O) groups is 1. The van der Waals surface area contributed by atoms with Crippen LogP contribution in [-0.4, -0.2) is 15.5 Å². The van der Waals surface area contributed by atoms with Gasteiger partial charge in [0.05, 0.1) is 11.0 Å². The highest BCUT2D eigenvalue weighted by Crippen LogP contribution is 2.23. The lowest BCUT2D eigenvalue weighted by molar-refractivity contribution is -0.116. The number of amides is 1. The number of aromatic nitrogens is 2. The van der Waals surface area contributed by atoms with Crippen molar-refractivity contribution in [1.29, 1.82) is 0 Å². The van der Waals surface area contributed by atoms with Gasteiger partial charge in [-0.05, 0) is 42.2 Å². The molecule has 0 aliphatic rings. The maximum absolute atomic E-state index is 13.0. The number of nitrogens with one attached hydrogen (secondary N) is 2. The molecule has 0 fully saturated rings. The second-order valence-electron chi connectivity index (χ2n) is 7.36. The standard InChI is InChI=1S/C25H26N4O/c1-3-20-13-9-10-18(2)24(20)28-23(30)17-29-22-15-8-7-14-21(22)27-25(29)26-16-19-11-5-4-6-12-19/h4-15H,3,16-17H2,1-2H3,(H,26,27)(H,28,30). The fourth-order valence-electron chi connectivity index (χ4n) is 3.67. The Kier molecular flexibility index (Phi) is 5.80. The van der Waals surface area contributed by atoms with E-state index in [1.807, 2.05) is 66.1 Å². The monoisotopic (exact) mass is 398 g/mol. The third kappa shape index (κ3) is 4.20. The quantitative estimate of drug-likeness (QED) is 0.452. The van der Waals surface area contributed by atoms with Gasteiger partial charge in [-0.15, -0.1) is 0 Å². The molecule has 0 spiro atoms. The molecule has 0 saturated heterocycles. The van der Waals surface area contributed by atoms with E-state index in [-0.39, 0.29) is 12.5 Å². The zero-order valence-electron chi connectivity index (χ0n) is 17.4. The summed E-state index contributed by atoms with van der Waals surface area (Å²) in [4.78, 5) is 17.7. The molecule has 1 aromatic heterocycles. The summed E-state index contributed by atoms with van der Waals surface area (Å²) in [6.45, 7) is 4.95. The van der Waals surface area contributed by atoms with Crippen molar-refractivity contribution in [2.75, 3.05) is 10.6 Å². The molecule has 5 heteroatoms. The molecule has 3 aromatic carbocycles. The van der Waals surface area contributed by atoms with E-state index in [9.17, 15) is 4.79 Å². The van der Waals surface area contributed by atoms with Gasteiger partial charge in [-0.1, -0.05) is 67.6 Å². The smallest absolute Gasteiger partial charge is 0.244 e. The molecule has 0 unspecified atom stereocenters. The number of aryl methyl sites for hydroxylation is 2. The highest BCUT2D eigenvalue weighted by Gasteiger charge is 2.15. The minimum atomic E-state index is -0.0649. The number of rotatable bonds is 7. The summed E-state index contributed by atoms with van der Waals surface area (Å²) < 4.78 is 1.94. The van der Waals surface area contributed by atoms with Gasteiger partial charge in [0.1, 0.15) is 6.54 Å². The highest BCUT2D eigenvalue weighted by molar-refractivity contribution is 5.93. The first-order valence-electron chi connectivity index (χ1n) is 10.3. The van der Waals surface area contributed by atoms with E-state index in [1.165, 1.54) is 0 Å². The Morgan fingerprint density at radius 1 is 0.967 bits per heavy atom. The number of hydrogen-bond acceptors (Lipinski definition) is 3. The summed E-state index contributed by atoms with van der Waals surface area (Å²) in [6, 6.07) is 24.2. The number of anilines is 2. The molecule has 0 aliphatic carbocycles. The van der Waals surface area contributed by atoms with Crippen molar-refractivity contribution in [3.63, 3.8) is 0 Å². The van der Waals surface area contributed by atoms with Gasteiger partial charge in [-0.3, -0.25) is 4.79 Å². The van der Waals surface area contributed by atoms with Crippen LogP contribution < -0.4 is 10.6 Å². The van der Waals surface area contributed by atoms with E-state index in [4.69, 9.17) is 4.98 Å². The largest absolute Gasteiger partial charge is 0.352 e. The van der Waals surface area contributed by atoms with Crippen LogP contribution in [0.2, 0.25) is 0 Å². The van der Waals surface area contributed by atoms with Gasteiger partial charge in [-0.25, -0.2) is 4.98 Å². The molecule has 1 amide bonds. The van der Waals surface area contributed by atoms with Gasteiger partial charge in [0.15, 0.2) is 0 Å². The lowest BCUT2D eigenvalue weighted by atomic mass is 10.1. The third-order valence-corrected chi connectivity index (χ3v) is 5.25. The van der Waals surface area contributed by atoms with Crippen LogP contribution in [-0.2, 0) is 24.3 Å². The lowest BCUT2D eigenvalue weighted by Crippen LogP contribution is -2.21. The second-order valence-corrected chi connectivity index (χ2v) is 7.36. The number of hydrogen-bond donors (Lipinski definition) is 2. The zero-order valence-corrected chi connectivity index (χ0v) is 17.4. The molecule has 5 nitrogen and oxygen atoms in total. The van der Waals surface area contributed by atoms with Crippen LogP contribution in [0.1, 0.15) is 23.6 Å². The molecule has 4 rings (SSSR count). The van der Waals surface area contributed by atoms with Gasteiger partial charge < -0.3 is 15.2 Å². The van der Waals surface area contributed by atoms with Crippen LogP contribution in [0.15, 0.2) is 72.8 Å². The number of para-hydroxylation sites is 3. The minimum Gasteiger partial charge on any atom is -0.352 e. The highest BCUT2D eigenvalue weighted by atomic mass is 16.2. The summed E-state index contributed by atoms with van der Waals surface area (Å²) >= 11 is 0. The molecule has 0 atom stereocenters. The molecule has 1 heterocycles. The van der Waals surface area contributed by atoms with Crippen molar-refractivity contribution in [3.05, 3.63) is 89.5 Å². The van der Waals surface area contributed by atoms with Gasteiger partial charge in [-0.2, -0.15) is 0 Å². The Morgan fingerprint density at radius 3 is 2.53 bits per heavy atom. The van der Waals surface area contributed by atoms with Gasteiger partial charge in [0.25, 0.3) is 0 Å². The van der Waals surface area contributed by atoms with Gasteiger partial charge >= 0.3 is 0 Å². The zero-order chi connectivity index (χ0) is 20.9. The van der Waals surface area contributed by atoms with Gasteiger partial charge in [0, 0.05) is 12.2 Å². The van der Waals surface area contributed by atoms with Crippen molar-refractivity contribution in [2.24, 2.45) is 0 Å². The Balaban J connectivity index is 1.59. The molecular formula is C25H26N4O. The number of carbonyl (C=O) groups excluding carboxylic acids is 1. The van der Waals surface area contributed by atoms with E-state index >= 15 is 0 Å². The maximum Gasteiger partial charge on any atom is 0.244 e. The van der Waals surface area contributed by atoms with Crippen LogP contribution >= 0.6 is 0 Å². The van der Waals surface area contributed by atoms with Crippen molar-refractivity contribution in [3.8, 4) is 0 Å². The van der Waals surface area contributed by atoms with E-state index < -0.39 is 0 Å². The summed E-state index contributed by atoms with van der Waals surface area (Å²) in [6.07, 6.45) is 0.870. The van der Waals surface area contributed by atoms with Crippen molar-refractivity contribution >= 4 is 28.6 Å². The molecule has 0 aliphatic heterocycles. The lowest BCUT2D eigenvalue weighted by Gasteiger charge is -2.15. The molecule has 4 aromatic rings. The van der Waals surface area contributed by atoms with Crippen molar-refractivity contribution < 1.29 is 4.79 Å². The average molecular weight is 399 g/mol. The SMILES string of the molecule is CCc1cccc(C)c1NC(=O)Cn1c(NCc2ccccc2)nc2ccccc21. The summed E-state index contributed by atoms with van der Waals surface area (Å²) in [5, 5.41) is 6.51. The Hall–Kier alpha value is -3.60. The Labute approximate surface area is 176 Å². The Morgan fingerprint density at radius 2 is 1.73 bits per heavy atom. The topological polar surface area (TPSA) is 59.0 Å². The van der Waals surface area contributed by atoms with Crippen LogP contribution in [0.5, 0.6) is 0 Å². The molecule has 2 N–H and O–H groups in total. The van der Waals surface area contributed by atoms with E-state index in [1.54, 1.807) is 0 Å². The predicted octanol–water partition coefficient (Wildman–Crippen LogP) is 5.16. The van der Waals surface area contributed by atoms with Crippen molar-refractivity contribution in [2.45, 2.75) is 33.4 Å². The predicted molar refractivity (Wildman–Crippen MR) is 123 cm³/mol. The second kappa shape index (κ2) is 8.82. The first kappa shape index (κ1) is 19.7. The van der Waals surface area contributed by atoms with Crippen LogP contribution in [0.25, 0.3) is 11.0 Å². The van der Waals surface area contributed by atoms with E-state index in [0.29, 0.717) is 12.5 Å². The molecule has 0 radical (unpaired) electrons. The normalized spacial score (nSPS) is 10.9. The van der Waals surface area contributed by atoms with Crippen LogP contribution in [0.4, 0.5) is 11.6 Å². The number of fused-ring (bicyclic) bond motifs is 1. The summed E-state index contributed by atoms with van der Waals surface area (Å²) in [7, 11) is 0. The summed E-state index contributed by atoms with van der Waals surface area (Å²) in [5.41, 5.74) is 6.08. The van der Waals surface area contributed by atoms with Crippen molar-refractivity contribution in [1.82, 2.24) is 9.55 Å². The molecule has 152 valence electrons. The average Bonchev–Trinajstić information content (AvgIpc) is 3.11. The first-order chi connectivity index (χ1) is 14.7. The number of imidazole rings is 1. The summed E-state index contributed by atoms with van der Waals surface area (Å²) in [5.74, 6) is 0.626. The maximum atomic E-state index is 13.0. The third-order valence-electron chi connectivity index (χ3n) is 5.25. The first-order valence-corrected chi connectivity index (χ1v) is 10.3. The molecular weight excluding hydrogens is 372 g/mol. The molecule has 30 heavy (non-hydrogen) atoms. The van der Waals surface area contributed by atoms with E-state index in [2.05, 4.69) is 35.8 Å². The number of nitrogens with zero attached hydrogens (tertiary/aromatic N) is 2. The molecule has 0 bridgehead atoms. The Bertz CT molecular complexity index is 1160. The fraction of sp³-hybridized carbons (Fsp3) is 0.200.